The van der Waals surface area contributed by atoms with Crippen LogP contribution in [0.3, 0.4) is 0 Å². The van der Waals surface area contributed by atoms with Crippen molar-refractivity contribution in [2.45, 2.75) is 13.5 Å². The summed E-state index contributed by atoms with van der Waals surface area (Å²) in [6.07, 6.45) is 1.70. The van der Waals surface area contributed by atoms with E-state index in [1.807, 2.05) is 31.2 Å². The number of aryl methyl sites for hydroxylation is 1. The summed E-state index contributed by atoms with van der Waals surface area (Å²) in [6, 6.07) is 14.1. The number of anilines is 2. The van der Waals surface area contributed by atoms with Crippen molar-refractivity contribution in [2.24, 2.45) is 0 Å². The van der Waals surface area contributed by atoms with Gasteiger partial charge in [-0.3, -0.25) is 4.68 Å². The Labute approximate surface area is 155 Å². The molecule has 0 aliphatic rings. The van der Waals surface area contributed by atoms with Gasteiger partial charge in [-0.25, -0.2) is 4.39 Å². The Kier molecular flexibility index (Phi) is 5.31. The maximum atomic E-state index is 13.0. The van der Waals surface area contributed by atoms with Crippen molar-refractivity contribution >= 4 is 40.4 Å². The molecule has 0 saturated carbocycles. The fourth-order valence-electron chi connectivity index (χ4n) is 2.31. The molecular formula is C18H16ClFN4S. The number of thiocarbonyl (C=S) groups is 1. The minimum atomic E-state index is -0.266. The average Bonchev–Trinajstić information content (AvgIpc) is 2.91. The third-order valence-electron chi connectivity index (χ3n) is 3.60. The standard InChI is InChI=1S/C18H16ClFN4S/c1-12-4-2-3-5-16(12)21-18(25)22-17-15(19)11-24(23-17)10-13-6-8-14(20)9-7-13/h2-9,11H,10H2,1H3,(H2,21,22,23,25). The molecule has 0 unspecified atom stereocenters. The van der Waals surface area contributed by atoms with E-state index in [-0.39, 0.29) is 5.82 Å². The predicted octanol–water partition coefficient (Wildman–Crippen LogP) is 4.84. The topological polar surface area (TPSA) is 41.9 Å². The monoisotopic (exact) mass is 374 g/mol. The highest BCUT2D eigenvalue weighted by molar-refractivity contribution is 7.80. The molecule has 0 bridgehead atoms. The summed E-state index contributed by atoms with van der Waals surface area (Å²) in [5.74, 6) is 0.201. The first-order valence-electron chi connectivity index (χ1n) is 7.62. The molecule has 7 heteroatoms. The second kappa shape index (κ2) is 7.63. The molecule has 0 fully saturated rings. The molecule has 3 aromatic rings. The van der Waals surface area contributed by atoms with Crippen LogP contribution in [-0.2, 0) is 6.54 Å². The van der Waals surface area contributed by atoms with Gasteiger partial charge in [-0.2, -0.15) is 5.10 Å². The number of para-hydroxylation sites is 1. The summed E-state index contributed by atoms with van der Waals surface area (Å²) in [5.41, 5.74) is 2.93. The fraction of sp³-hybridized carbons (Fsp3) is 0.111. The Morgan fingerprint density at radius 3 is 2.60 bits per heavy atom. The van der Waals surface area contributed by atoms with Crippen molar-refractivity contribution in [2.75, 3.05) is 10.6 Å². The Balaban J connectivity index is 1.67. The first-order chi connectivity index (χ1) is 12.0. The number of nitrogens with zero attached hydrogens (tertiary/aromatic N) is 2. The molecule has 0 spiro atoms. The van der Waals surface area contributed by atoms with E-state index in [0.29, 0.717) is 22.5 Å². The zero-order valence-electron chi connectivity index (χ0n) is 13.5. The number of hydrogen-bond donors (Lipinski definition) is 2. The molecule has 1 aromatic heterocycles. The van der Waals surface area contributed by atoms with Crippen molar-refractivity contribution in [3.05, 3.63) is 76.7 Å². The van der Waals surface area contributed by atoms with Gasteiger partial charge < -0.3 is 10.6 Å². The van der Waals surface area contributed by atoms with Gasteiger partial charge >= 0.3 is 0 Å². The molecule has 0 atom stereocenters. The van der Waals surface area contributed by atoms with Gasteiger partial charge in [0.25, 0.3) is 0 Å². The average molecular weight is 375 g/mol. The molecule has 1 heterocycles. The smallest absolute Gasteiger partial charge is 0.176 e. The molecule has 0 saturated heterocycles. The third kappa shape index (κ3) is 4.55. The quantitative estimate of drug-likeness (QED) is 0.641. The highest BCUT2D eigenvalue weighted by Crippen LogP contribution is 2.21. The summed E-state index contributed by atoms with van der Waals surface area (Å²) < 4.78 is 14.6. The molecular weight excluding hydrogens is 359 g/mol. The van der Waals surface area contributed by atoms with Crippen molar-refractivity contribution in [3.63, 3.8) is 0 Å². The van der Waals surface area contributed by atoms with E-state index in [4.69, 9.17) is 23.8 Å². The van der Waals surface area contributed by atoms with Gasteiger partial charge in [-0.05, 0) is 48.5 Å². The summed E-state index contributed by atoms with van der Waals surface area (Å²) in [4.78, 5) is 0. The zero-order valence-corrected chi connectivity index (χ0v) is 15.0. The summed E-state index contributed by atoms with van der Waals surface area (Å²) in [7, 11) is 0. The van der Waals surface area contributed by atoms with Gasteiger partial charge in [0.2, 0.25) is 0 Å². The number of benzene rings is 2. The van der Waals surface area contributed by atoms with Crippen LogP contribution in [0.5, 0.6) is 0 Å². The highest BCUT2D eigenvalue weighted by atomic mass is 35.5. The molecule has 4 nitrogen and oxygen atoms in total. The normalized spacial score (nSPS) is 10.5. The third-order valence-corrected chi connectivity index (χ3v) is 4.08. The second-order valence-electron chi connectivity index (χ2n) is 5.54. The van der Waals surface area contributed by atoms with Crippen LogP contribution in [0.1, 0.15) is 11.1 Å². The lowest BCUT2D eigenvalue weighted by atomic mass is 10.2. The maximum Gasteiger partial charge on any atom is 0.176 e. The first kappa shape index (κ1) is 17.4. The van der Waals surface area contributed by atoms with Crippen LogP contribution >= 0.6 is 23.8 Å². The number of halogens is 2. The minimum Gasteiger partial charge on any atom is -0.332 e. The van der Waals surface area contributed by atoms with Crippen LogP contribution in [-0.4, -0.2) is 14.9 Å². The Bertz CT molecular complexity index is 892. The molecule has 0 amide bonds. The van der Waals surface area contributed by atoms with Gasteiger partial charge in [0.05, 0.1) is 6.54 Å². The van der Waals surface area contributed by atoms with Gasteiger partial charge in [0, 0.05) is 11.9 Å². The van der Waals surface area contributed by atoms with Crippen molar-refractivity contribution < 1.29 is 4.39 Å². The van der Waals surface area contributed by atoms with Crippen LogP contribution < -0.4 is 10.6 Å². The van der Waals surface area contributed by atoms with Gasteiger partial charge in [-0.1, -0.05) is 41.9 Å². The Hall–Kier alpha value is -2.44. The van der Waals surface area contributed by atoms with E-state index in [0.717, 1.165) is 16.8 Å². The Morgan fingerprint density at radius 1 is 1.16 bits per heavy atom. The lowest BCUT2D eigenvalue weighted by molar-refractivity contribution is 0.624. The van der Waals surface area contributed by atoms with Crippen LogP contribution in [0.4, 0.5) is 15.9 Å². The largest absolute Gasteiger partial charge is 0.332 e. The number of rotatable bonds is 4. The molecule has 2 N–H and O–H groups in total. The van der Waals surface area contributed by atoms with E-state index in [2.05, 4.69) is 15.7 Å². The lowest BCUT2D eigenvalue weighted by Crippen LogP contribution is -2.20. The fourth-order valence-corrected chi connectivity index (χ4v) is 2.72. The zero-order chi connectivity index (χ0) is 17.8. The molecule has 0 aliphatic carbocycles. The lowest BCUT2D eigenvalue weighted by Gasteiger charge is -2.11. The number of nitrogens with one attached hydrogen (secondary N) is 2. The molecule has 0 aliphatic heterocycles. The van der Waals surface area contributed by atoms with E-state index >= 15 is 0 Å². The van der Waals surface area contributed by atoms with Gasteiger partial charge in [-0.15, -0.1) is 0 Å². The highest BCUT2D eigenvalue weighted by Gasteiger charge is 2.10. The summed E-state index contributed by atoms with van der Waals surface area (Å²) in [6.45, 7) is 2.48. The van der Waals surface area contributed by atoms with Crippen LogP contribution in [0.2, 0.25) is 5.02 Å². The van der Waals surface area contributed by atoms with Crippen LogP contribution in [0.25, 0.3) is 0 Å². The second-order valence-corrected chi connectivity index (χ2v) is 6.36. The summed E-state index contributed by atoms with van der Waals surface area (Å²) >= 11 is 11.5. The van der Waals surface area contributed by atoms with Crippen LogP contribution in [0.15, 0.2) is 54.7 Å². The molecule has 3 rings (SSSR count). The molecule has 2 aromatic carbocycles. The number of hydrogen-bond acceptors (Lipinski definition) is 2. The predicted molar refractivity (Wildman–Crippen MR) is 104 cm³/mol. The molecule has 0 radical (unpaired) electrons. The van der Waals surface area contributed by atoms with Gasteiger partial charge in [0.15, 0.2) is 10.9 Å². The van der Waals surface area contributed by atoms with E-state index in [1.165, 1.54) is 12.1 Å². The minimum absolute atomic E-state index is 0.266. The van der Waals surface area contributed by atoms with E-state index in [9.17, 15) is 4.39 Å². The van der Waals surface area contributed by atoms with Gasteiger partial charge in [0.1, 0.15) is 10.8 Å². The summed E-state index contributed by atoms with van der Waals surface area (Å²) in [5, 5.41) is 11.4. The molecule has 25 heavy (non-hydrogen) atoms. The maximum absolute atomic E-state index is 13.0. The van der Waals surface area contributed by atoms with E-state index in [1.54, 1.807) is 23.0 Å². The van der Waals surface area contributed by atoms with E-state index < -0.39 is 0 Å². The number of aromatic nitrogens is 2. The van der Waals surface area contributed by atoms with Crippen molar-refractivity contribution in [3.8, 4) is 0 Å². The van der Waals surface area contributed by atoms with Crippen molar-refractivity contribution in [1.82, 2.24) is 9.78 Å². The van der Waals surface area contributed by atoms with Crippen LogP contribution in [0, 0.1) is 12.7 Å². The molecule has 128 valence electrons. The first-order valence-corrected chi connectivity index (χ1v) is 8.41. The SMILES string of the molecule is Cc1ccccc1NC(=S)Nc1nn(Cc2ccc(F)cc2)cc1Cl. The Morgan fingerprint density at radius 2 is 1.88 bits per heavy atom. The van der Waals surface area contributed by atoms with Crippen molar-refractivity contribution in [1.29, 1.82) is 0 Å².